The van der Waals surface area contributed by atoms with Gasteiger partial charge in [0.25, 0.3) is 0 Å². The molecule has 3 N–H and O–H groups in total. The summed E-state index contributed by atoms with van der Waals surface area (Å²) in [6.07, 6.45) is 0.202. The normalized spacial score (nSPS) is 12.4. The van der Waals surface area contributed by atoms with Crippen molar-refractivity contribution in [3.8, 4) is 11.3 Å². The lowest BCUT2D eigenvalue weighted by atomic mass is 9.87. The summed E-state index contributed by atoms with van der Waals surface area (Å²) in [5.74, 6) is -0.349. The van der Waals surface area contributed by atoms with E-state index in [1.165, 1.54) is 0 Å². The predicted octanol–water partition coefficient (Wildman–Crippen LogP) is 5.58. The zero-order valence-electron chi connectivity index (χ0n) is 23.3. The Morgan fingerprint density at radius 1 is 1.02 bits per heavy atom. The van der Waals surface area contributed by atoms with Gasteiger partial charge in [-0.2, -0.15) is 0 Å². The van der Waals surface area contributed by atoms with Crippen molar-refractivity contribution in [3.63, 3.8) is 0 Å². The summed E-state index contributed by atoms with van der Waals surface area (Å²) in [5, 5.41) is 21.8. The van der Waals surface area contributed by atoms with Gasteiger partial charge in [0.15, 0.2) is 0 Å². The molecule has 1 heterocycles. The maximum absolute atomic E-state index is 14.7. The molecule has 1 aromatic heterocycles. The molecule has 1 unspecified atom stereocenters. The number of rotatable bonds is 13. The molecule has 0 aliphatic carbocycles. The summed E-state index contributed by atoms with van der Waals surface area (Å²) in [7, 11) is 0. The van der Waals surface area contributed by atoms with Crippen LogP contribution in [0.4, 0.5) is 13.6 Å². The number of nitrogens with one attached hydrogen (secondary N) is 1. The molecule has 0 saturated heterocycles. The van der Waals surface area contributed by atoms with E-state index in [-0.39, 0.29) is 24.1 Å². The van der Waals surface area contributed by atoms with Crippen LogP contribution in [0.2, 0.25) is 0 Å². The van der Waals surface area contributed by atoms with Gasteiger partial charge in [0, 0.05) is 50.9 Å². The summed E-state index contributed by atoms with van der Waals surface area (Å²) in [6, 6.07) is 23.1. The lowest BCUT2D eigenvalue weighted by molar-refractivity contribution is 0.0811. The van der Waals surface area contributed by atoms with E-state index in [0.717, 1.165) is 35.2 Å². The van der Waals surface area contributed by atoms with Gasteiger partial charge in [0.1, 0.15) is 17.5 Å². The van der Waals surface area contributed by atoms with Crippen LogP contribution >= 0.6 is 0 Å². The molecular formula is C32H36F2N4O3. The van der Waals surface area contributed by atoms with E-state index in [1.54, 1.807) is 6.20 Å². The van der Waals surface area contributed by atoms with E-state index in [9.17, 15) is 18.7 Å². The number of benzene rings is 3. The van der Waals surface area contributed by atoms with Gasteiger partial charge in [-0.15, -0.1) is 0 Å². The molecule has 41 heavy (non-hydrogen) atoms. The maximum Gasteiger partial charge on any atom is 0.404 e. The molecule has 9 heteroatoms. The molecule has 0 bridgehead atoms. The molecule has 0 fully saturated rings. The Hall–Kier alpha value is -4.08. The van der Waals surface area contributed by atoms with E-state index in [4.69, 9.17) is 10.1 Å². The van der Waals surface area contributed by atoms with Crippen molar-refractivity contribution in [2.45, 2.75) is 39.5 Å². The van der Waals surface area contributed by atoms with Crippen LogP contribution < -0.4 is 5.32 Å². The van der Waals surface area contributed by atoms with E-state index < -0.39 is 23.8 Å². The molecule has 216 valence electrons. The highest BCUT2D eigenvalue weighted by Crippen LogP contribution is 2.29. The maximum atomic E-state index is 14.7. The number of amides is 1. The van der Waals surface area contributed by atoms with E-state index >= 15 is 0 Å². The average molecular weight is 563 g/mol. The first-order chi connectivity index (χ1) is 19.6. The van der Waals surface area contributed by atoms with Crippen LogP contribution in [0.1, 0.15) is 30.8 Å². The third kappa shape index (κ3) is 8.96. The fraction of sp³-hybridized carbons (Fsp3) is 0.312. The number of aromatic nitrogens is 2. The van der Waals surface area contributed by atoms with Gasteiger partial charge in [0.05, 0.1) is 11.8 Å². The van der Waals surface area contributed by atoms with Crippen LogP contribution in [0.15, 0.2) is 85.1 Å². The lowest BCUT2D eigenvalue weighted by Crippen LogP contribution is -2.43. The molecule has 7 nitrogen and oxygen atoms in total. The second-order valence-electron chi connectivity index (χ2n) is 11.1. The van der Waals surface area contributed by atoms with E-state index in [1.807, 2.05) is 65.2 Å². The van der Waals surface area contributed by atoms with Crippen molar-refractivity contribution in [2.75, 3.05) is 19.6 Å². The number of aliphatic hydroxyl groups excluding tert-OH is 1. The quantitative estimate of drug-likeness (QED) is 0.198. The van der Waals surface area contributed by atoms with Crippen LogP contribution in [-0.4, -0.2) is 56.5 Å². The molecule has 0 radical (unpaired) electrons. The fourth-order valence-corrected chi connectivity index (χ4v) is 5.02. The molecule has 0 saturated carbocycles. The smallest absolute Gasteiger partial charge is 0.404 e. The number of hydrogen-bond donors (Lipinski definition) is 3. The van der Waals surface area contributed by atoms with Gasteiger partial charge in [-0.3, -0.25) is 4.90 Å². The SMILES string of the molecule is CC(C)(Cc1nc(-c2cc(F)ccc2F)cn1Cc1ccccc1)CN(Cc1ccccc1)CC(O)CNC(=O)O. The zero-order valence-corrected chi connectivity index (χ0v) is 23.3. The Morgan fingerprint density at radius 3 is 2.34 bits per heavy atom. The van der Waals surface area contributed by atoms with Gasteiger partial charge < -0.3 is 20.1 Å². The second-order valence-corrected chi connectivity index (χ2v) is 11.1. The minimum atomic E-state index is -1.19. The summed E-state index contributed by atoms with van der Waals surface area (Å²) < 4.78 is 30.7. The summed E-state index contributed by atoms with van der Waals surface area (Å²) in [6.45, 7) is 6.01. The molecule has 1 amide bonds. The van der Waals surface area contributed by atoms with Crippen molar-refractivity contribution in [3.05, 3.63) is 114 Å². The minimum Gasteiger partial charge on any atom is -0.465 e. The first-order valence-electron chi connectivity index (χ1n) is 13.5. The fourth-order valence-electron chi connectivity index (χ4n) is 5.02. The monoisotopic (exact) mass is 562 g/mol. The van der Waals surface area contributed by atoms with Gasteiger partial charge in [-0.05, 0) is 34.7 Å². The van der Waals surface area contributed by atoms with Gasteiger partial charge >= 0.3 is 6.09 Å². The molecule has 4 rings (SSSR count). The second kappa shape index (κ2) is 13.5. The lowest BCUT2D eigenvalue weighted by Gasteiger charge is -2.34. The number of aliphatic hydroxyl groups is 1. The van der Waals surface area contributed by atoms with Crippen LogP contribution in [0.5, 0.6) is 0 Å². The van der Waals surface area contributed by atoms with E-state index in [2.05, 4.69) is 24.1 Å². The predicted molar refractivity (Wildman–Crippen MR) is 154 cm³/mol. The molecule has 1 atom stereocenters. The summed E-state index contributed by atoms with van der Waals surface area (Å²) in [4.78, 5) is 17.8. The number of carbonyl (C=O) groups is 1. The summed E-state index contributed by atoms with van der Waals surface area (Å²) >= 11 is 0. The van der Waals surface area contributed by atoms with Crippen LogP contribution in [0.3, 0.4) is 0 Å². The minimum absolute atomic E-state index is 0.0783. The molecule has 0 aliphatic rings. The molecule has 0 aliphatic heterocycles. The van der Waals surface area contributed by atoms with Crippen molar-refractivity contribution < 1.29 is 23.8 Å². The van der Waals surface area contributed by atoms with Crippen molar-refractivity contribution in [2.24, 2.45) is 5.41 Å². The highest BCUT2D eigenvalue weighted by Gasteiger charge is 2.27. The van der Waals surface area contributed by atoms with Crippen LogP contribution in [0, 0.1) is 17.0 Å². The van der Waals surface area contributed by atoms with Gasteiger partial charge in [-0.25, -0.2) is 18.6 Å². The standard InChI is InChI=1S/C32H36F2N4O3/c1-32(2,22-37(18-23-9-5-3-6-10-23)20-26(39)17-35-31(40)41)16-30-36-29(27-15-25(33)13-14-28(27)34)21-38(30)19-24-11-7-4-8-12-24/h3-15,21,26,35,39H,16-20,22H2,1-2H3,(H,40,41). The Morgan fingerprint density at radius 2 is 1.68 bits per heavy atom. The summed E-state index contributed by atoms with van der Waals surface area (Å²) in [5.41, 5.74) is 2.23. The first-order valence-corrected chi connectivity index (χ1v) is 13.5. The molecule has 4 aromatic rings. The number of halogens is 2. The molecule has 3 aromatic carbocycles. The third-order valence-corrected chi connectivity index (χ3v) is 6.75. The Kier molecular flexibility index (Phi) is 9.86. The number of hydrogen-bond acceptors (Lipinski definition) is 4. The first kappa shape index (κ1) is 29.9. The van der Waals surface area contributed by atoms with Crippen molar-refractivity contribution >= 4 is 6.09 Å². The van der Waals surface area contributed by atoms with Crippen LogP contribution in [0.25, 0.3) is 11.3 Å². The Balaban J connectivity index is 1.60. The number of nitrogens with zero attached hydrogens (tertiary/aromatic N) is 3. The highest BCUT2D eigenvalue weighted by molar-refractivity contribution is 5.64. The van der Waals surface area contributed by atoms with Crippen LogP contribution in [-0.2, 0) is 19.5 Å². The van der Waals surface area contributed by atoms with Crippen molar-refractivity contribution in [1.82, 2.24) is 19.8 Å². The Bertz CT molecular complexity index is 1430. The average Bonchev–Trinajstić information content (AvgIpc) is 3.30. The van der Waals surface area contributed by atoms with E-state index in [0.29, 0.717) is 31.7 Å². The molecular weight excluding hydrogens is 526 g/mol. The zero-order chi connectivity index (χ0) is 29.4. The largest absolute Gasteiger partial charge is 0.465 e. The molecule has 0 spiro atoms. The number of imidazole rings is 1. The Labute approximate surface area is 239 Å². The third-order valence-electron chi connectivity index (χ3n) is 6.75. The van der Waals surface area contributed by atoms with Crippen molar-refractivity contribution in [1.29, 1.82) is 0 Å². The number of carboxylic acid groups (broad SMARTS) is 1. The van der Waals surface area contributed by atoms with Gasteiger partial charge in [0.2, 0.25) is 0 Å². The highest BCUT2D eigenvalue weighted by atomic mass is 19.1. The topological polar surface area (TPSA) is 90.6 Å². The van der Waals surface area contributed by atoms with Gasteiger partial charge in [-0.1, -0.05) is 74.5 Å².